The topological polar surface area (TPSA) is 89.0 Å². The van der Waals surface area contributed by atoms with Crippen molar-refractivity contribution in [2.45, 2.75) is 13.5 Å². The first-order chi connectivity index (χ1) is 15.9. The Bertz CT molecular complexity index is 1170. The van der Waals surface area contributed by atoms with Crippen LogP contribution in [-0.2, 0) is 16.2 Å². The van der Waals surface area contributed by atoms with E-state index in [4.69, 9.17) is 21.1 Å². The molecule has 0 unspecified atom stereocenters. The molecule has 2 N–H and O–H groups in total. The zero-order valence-electron chi connectivity index (χ0n) is 17.9. The van der Waals surface area contributed by atoms with Gasteiger partial charge in [-0.25, -0.2) is 9.82 Å². The van der Waals surface area contributed by atoms with Crippen molar-refractivity contribution in [3.05, 3.63) is 88.7 Å². The van der Waals surface area contributed by atoms with Gasteiger partial charge >= 0.3 is 11.8 Å². The number of rotatable bonds is 7. The molecule has 170 valence electrons. The van der Waals surface area contributed by atoms with E-state index in [1.807, 2.05) is 0 Å². The van der Waals surface area contributed by atoms with Gasteiger partial charge in [-0.15, -0.1) is 0 Å². The lowest BCUT2D eigenvalue weighted by Gasteiger charge is -2.12. The molecule has 0 aromatic heterocycles. The SMILES string of the molecule is COc1cc(/C(C)=N/NC(=O)C(=O)Nc2ccc(Cl)cc2)ccc1OCc1ccc(F)cc1. The standard InChI is InChI=1S/C24H21ClFN3O4/c1-15(28-29-24(31)23(30)27-20-10-6-18(25)7-11-20)17-5-12-21(22(13-17)32-2)33-14-16-3-8-19(26)9-4-16/h3-13H,14H2,1-2H3,(H,27,30)(H,29,31)/b28-15+. The molecule has 0 atom stereocenters. The summed E-state index contributed by atoms with van der Waals surface area (Å²) in [6.45, 7) is 1.91. The Hall–Kier alpha value is -3.91. The van der Waals surface area contributed by atoms with E-state index < -0.39 is 11.8 Å². The highest BCUT2D eigenvalue weighted by molar-refractivity contribution is 6.39. The molecular weight excluding hydrogens is 449 g/mol. The van der Waals surface area contributed by atoms with Crippen molar-refractivity contribution in [3.63, 3.8) is 0 Å². The lowest BCUT2D eigenvalue weighted by atomic mass is 10.1. The molecule has 0 radical (unpaired) electrons. The maximum absolute atomic E-state index is 13.0. The monoisotopic (exact) mass is 469 g/mol. The Labute approximate surface area is 195 Å². The fourth-order valence-corrected chi connectivity index (χ4v) is 2.85. The third-order valence-electron chi connectivity index (χ3n) is 4.52. The molecule has 0 aliphatic heterocycles. The molecule has 0 aliphatic carbocycles. The quantitative estimate of drug-likeness (QED) is 0.302. The van der Waals surface area contributed by atoms with Gasteiger partial charge in [-0.2, -0.15) is 5.10 Å². The largest absolute Gasteiger partial charge is 0.493 e. The molecule has 33 heavy (non-hydrogen) atoms. The number of anilines is 1. The van der Waals surface area contributed by atoms with E-state index in [2.05, 4.69) is 15.8 Å². The summed E-state index contributed by atoms with van der Waals surface area (Å²) in [4.78, 5) is 24.1. The number of nitrogens with zero attached hydrogens (tertiary/aromatic N) is 1. The Morgan fingerprint density at radius 1 is 0.970 bits per heavy atom. The number of ether oxygens (including phenoxy) is 2. The van der Waals surface area contributed by atoms with Crippen molar-refractivity contribution >= 4 is 34.8 Å². The van der Waals surface area contributed by atoms with Crippen LogP contribution in [0, 0.1) is 5.82 Å². The number of hydrogen-bond donors (Lipinski definition) is 2. The number of amides is 2. The van der Waals surface area contributed by atoms with Gasteiger partial charge in [0.25, 0.3) is 0 Å². The number of methoxy groups -OCH3 is 1. The summed E-state index contributed by atoms with van der Waals surface area (Å²) < 4.78 is 24.2. The van der Waals surface area contributed by atoms with Crippen molar-refractivity contribution in [3.8, 4) is 11.5 Å². The van der Waals surface area contributed by atoms with Crippen molar-refractivity contribution in [2.24, 2.45) is 5.10 Å². The molecule has 3 rings (SSSR count). The number of benzene rings is 3. The van der Waals surface area contributed by atoms with Crippen LogP contribution in [0.25, 0.3) is 0 Å². The molecule has 9 heteroatoms. The normalized spacial score (nSPS) is 11.0. The van der Waals surface area contributed by atoms with Gasteiger partial charge in [-0.1, -0.05) is 23.7 Å². The molecule has 0 bridgehead atoms. The third-order valence-corrected chi connectivity index (χ3v) is 4.77. The molecule has 0 saturated carbocycles. The fraction of sp³-hybridized carbons (Fsp3) is 0.125. The Balaban J connectivity index is 1.61. The van der Waals surface area contributed by atoms with Gasteiger partial charge in [0, 0.05) is 16.3 Å². The molecule has 0 aliphatic rings. The Morgan fingerprint density at radius 3 is 2.33 bits per heavy atom. The van der Waals surface area contributed by atoms with Crippen LogP contribution >= 0.6 is 11.6 Å². The van der Waals surface area contributed by atoms with Crippen molar-refractivity contribution in [1.29, 1.82) is 0 Å². The number of hydrazone groups is 1. The van der Waals surface area contributed by atoms with E-state index >= 15 is 0 Å². The van der Waals surface area contributed by atoms with Gasteiger partial charge in [-0.3, -0.25) is 9.59 Å². The van der Waals surface area contributed by atoms with Crippen LogP contribution in [0.1, 0.15) is 18.1 Å². The third kappa shape index (κ3) is 6.78. The van der Waals surface area contributed by atoms with E-state index in [1.54, 1.807) is 61.5 Å². The van der Waals surface area contributed by atoms with Crippen molar-refractivity contribution in [2.75, 3.05) is 12.4 Å². The summed E-state index contributed by atoms with van der Waals surface area (Å²) in [6.07, 6.45) is 0. The van der Waals surface area contributed by atoms with Crippen molar-refractivity contribution < 1.29 is 23.5 Å². The maximum Gasteiger partial charge on any atom is 0.329 e. The molecule has 0 spiro atoms. The molecule has 7 nitrogen and oxygen atoms in total. The highest BCUT2D eigenvalue weighted by Crippen LogP contribution is 2.29. The highest BCUT2D eigenvalue weighted by atomic mass is 35.5. The minimum absolute atomic E-state index is 0.238. The van der Waals surface area contributed by atoms with Gasteiger partial charge < -0.3 is 14.8 Å². The predicted octanol–water partition coefficient (Wildman–Crippen LogP) is 4.55. The minimum Gasteiger partial charge on any atom is -0.493 e. The van der Waals surface area contributed by atoms with Gasteiger partial charge in [0.15, 0.2) is 11.5 Å². The van der Waals surface area contributed by atoms with Crippen LogP contribution in [-0.4, -0.2) is 24.6 Å². The number of carbonyl (C=O) groups excluding carboxylic acids is 2. The zero-order chi connectivity index (χ0) is 23.8. The zero-order valence-corrected chi connectivity index (χ0v) is 18.7. The van der Waals surface area contributed by atoms with Crippen LogP contribution in [0.3, 0.4) is 0 Å². The maximum atomic E-state index is 13.0. The van der Waals surface area contributed by atoms with Gasteiger partial charge in [0.2, 0.25) is 0 Å². The number of carbonyl (C=O) groups is 2. The molecular formula is C24H21ClFN3O4. The molecule has 0 heterocycles. The van der Waals surface area contributed by atoms with Crippen LogP contribution in [0.2, 0.25) is 5.02 Å². The molecule has 0 saturated heterocycles. The second-order valence-electron chi connectivity index (χ2n) is 6.88. The highest BCUT2D eigenvalue weighted by Gasteiger charge is 2.14. The smallest absolute Gasteiger partial charge is 0.329 e. The average Bonchev–Trinajstić information content (AvgIpc) is 2.83. The first-order valence-corrected chi connectivity index (χ1v) is 10.2. The van der Waals surface area contributed by atoms with Gasteiger partial charge in [0.1, 0.15) is 12.4 Å². The van der Waals surface area contributed by atoms with Crippen LogP contribution in [0.4, 0.5) is 10.1 Å². The van der Waals surface area contributed by atoms with Gasteiger partial charge in [0.05, 0.1) is 12.8 Å². The second kappa shape index (κ2) is 11.1. The van der Waals surface area contributed by atoms with Gasteiger partial charge in [-0.05, 0) is 67.1 Å². The summed E-state index contributed by atoms with van der Waals surface area (Å²) >= 11 is 5.80. The number of hydrogen-bond acceptors (Lipinski definition) is 5. The molecule has 2 amide bonds. The summed E-state index contributed by atoms with van der Waals surface area (Å²) in [5.74, 6) is -1.16. The summed E-state index contributed by atoms with van der Waals surface area (Å²) in [6, 6.07) is 17.5. The van der Waals surface area contributed by atoms with Crippen LogP contribution in [0.5, 0.6) is 11.5 Å². The fourth-order valence-electron chi connectivity index (χ4n) is 2.72. The van der Waals surface area contributed by atoms with Crippen molar-refractivity contribution in [1.82, 2.24) is 5.43 Å². The van der Waals surface area contributed by atoms with E-state index in [-0.39, 0.29) is 12.4 Å². The molecule has 0 fully saturated rings. The number of nitrogens with one attached hydrogen (secondary N) is 2. The minimum atomic E-state index is -0.921. The molecule has 3 aromatic rings. The lowest BCUT2D eigenvalue weighted by molar-refractivity contribution is -0.136. The van der Waals surface area contributed by atoms with E-state index in [0.717, 1.165) is 5.56 Å². The summed E-state index contributed by atoms with van der Waals surface area (Å²) in [5.41, 5.74) is 4.56. The summed E-state index contributed by atoms with van der Waals surface area (Å²) in [7, 11) is 1.50. The van der Waals surface area contributed by atoms with E-state index in [9.17, 15) is 14.0 Å². The van der Waals surface area contributed by atoms with E-state index in [0.29, 0.717) is 33.5 Å². The van der Waals surface area contributed by atoms with E-state index in [1.165, 1.54) is 19.2 Å². The number of halogens is 2. The lowest BCUT2D eigenvalue weighted by Crippen LogP contribution is -2.32. The van der Waals surface area contributed by atoms with Crippen LogP contribution < -0.4 is 20.2 Å². The average molecular weight is 470 g/mol. The predicted molar refractivity (Wildman–Crippen MR) is 124 cm³/mol. The Kier molecular flexibility index (Phi) is 7.99. The first kappa shape index (κ1) is 23.7. The molecule has 3 aromatic carbocycles. The van der Waals surface area contributed by atoms with Crippen LogP contribution in [0.15, 0.2) is 71.8 Å². The second-order valence-corrected chi connectivity index (χ2v) is 7.32. The summed E-state index contributed by atoms with van der Waals surface area (Å²) in [5, 5.41) is 6.95. The first-order valence-electron chi connectivity index (χ1n) is 9.82. The Morgan fingerprint density at radius 2 is 1.67 bits per heavy atom.